The van der Waals surface area contributed by atoms with E-state index < -0.39 is 0 Å². The quantitative estimate of drug-likeness (QED) is 0.706. The third-order valence-electron chi connectivity index (χ3n) is 2.93. The van der Waals surface area contributed by atoms with Crippen LogP contribution in [0, 0.1) is 0 Å². The molecule has 12 heavy (non-hydrogen) atoms. The van der Waals surface area contributed by atoms with Crippen molar-refractivity contribution < 1.29 is 5.11 Å². The van der Waals surface area contributed by atoms with Gasteiger partial charge < -0.3 is 5.11 Å². The summed E-state index contributed by atoms with van der Waals surface area (Å²) in [6, 6.07) is 0. The zero-order valence-electron chi connectivity index (χ0n) is 7.32. The molecule has 3 nitrogen and oxygen atoms in total. The Bertz CT molecular complexity index is 270. The van der Waals surface area contributed by atoms with Crippen LogP contribution < -0.4 is 0 Å². The van der Waals surface area contributed by atoms with E-state index >= 15 is 0 Å². The van der Waals surface area contributed by atoms with Gasteiger partial charge in [0.05, 0.1) is 12.8 Å². The summed E-state index contributed by atoms with van der Waals surface area (Å²) in [5.74, 6) is 0. The first-order valence-electron chi connectivity index (χ1n) is 4.37. The Kier molecular flexibility index (Phi) is 1.68. The molecule has 1 heterocycles. The second kappa shape index (κ2) is 2.59. The third kappa shape index (κ3) is 0.966. The first-order chi connectivity index (χ1) is 5.77. The molecule has 1 fully saturated rings. The maximum atomic E-state index is 9.26. The number of hydrogen-bond acceptors (Lipinski definition) is 2. The lowest BCUT2D eigenvalue weighted by atomic mass is 9.66. The van der Waals surface area contributed by atoms with Crippen LogP contribution in [0.3, 0.4) is 0 Å². The second-order valence-electron chi connectivity index (χ2n) is 3.69. The zero-order chi connectivity index (χ0) is 8.60. The Morgan fingerprint density at radius 2 is 2.42 bits per heavy atom. The van der Waals surface area contributed by atoms with Crippen molar-refractivity contribution in [3.8, 4) is 0 Å². The van der Waals surface area contributed by atoms with Gasteiger partial charge in [-0.2, -0.15) is 5.10 Å². The van der Waals surface area contributed by atoms with E-state index in [-0.39, 0.29) is 12.0 Å². The molecule has 2 rings (SSSR count). The first-order valence-corrected chi connectivity index (χ1v) is 4.37. The van der Waals surface area contributed by atoms with Crippen LogP contribution in [-0.4, -0.2) is 21.5 Å². The van der Waals surface area contributed by atoms with E-state index in [2.05, 4.69) is 5.10 Å². The normalized spacial score (nSPS) is 20.5. The van der Waals surface area contributed by atoms with Crippen LogP contribution in [0.5, 0.6) is 0 Å². The minimum Gasteiger partial charge on any atom is -0.395 e. The van der Waals surface area contributed by atoms with Gasteiger partial charge in [0, 0.05) is 18.7 Å². The van der Waals surface area contributed by atoms with E-state index in [1.54, 1.807) is 4.68 Å². The highest BCUT2D eigenvalue weighted by Gasteiger charge is 2.38. The van der Waals surface area contributed by atoms with Crippen molar-refractivity contribution in [3.63, 3.8) is 0 Å². The highest BCUT2D eigenvalue weighted by Crippen LogP contribution is 2.42. The van der Waals surface area contributed by atoms with Gasteiger partial charge in [0.15, 0.2) is 0 Å². The lowest BCUT2D eigenvalue weighted by Gasteiger charge is -2.39. The van der Waals surface area contributed by atoms with E-state index in [9.17, 15) is 5.11 Å². The average Bonchev–Trinajstić information content (AvgIpc) is 2.35. The summed E-state index contributed by atoms with van der Waals surface area (Å²) < 4.78 is 1.80. The zero-order valence-corrected chi connectivity index (χ0v) is 7.32. The molecule has 0 unspecified atom stereocenters. The Balaban J connectivity index is 2.27. The molecule has 0 amide bonds. The molecule has 1 aliphatic rings. The fraction of sp³-hybridized carbons (Fsp3) is 0.667. The summed E-state index contributed by atoms with van der Waals surface area (Å²) in [5, 5.41) is 13.4. The minimum atomic E-state index is 0.0499. The van der Waals surface area contributed by atoms with Crippen LogP contribution in [0.4, 0.5) is 0 Å². The molecule has 1 aliphatic carbocycles. The molecule has 0 aliphatic heterocycles. The summed E-state index contributed by atoms with van der Waals surface area (Å²) in [4.78, 5) is 0. The molecule has 1 aromatic rings. The van der Waals surface area contributed by atoms with Crippen LogP contribution in [0.1, 0.15) is 24.8 Å². The van der Waals surface area contributed by atoms with E-state index in [4.69, 9.17) is 0 Å². The number of aliphatic hydroxyl groups excluding tert-OH is 1. The van der Waals surface area contributed by atoms with E-state index in [0.717, 1.165) is 12.8 Å². The molecule has 0 atom stereocenters. The van der Waals surface area contributed by atoms with E-state index in [1.165, 1.54) is 12.0 Å². The number of aryl methyl sites for hydroxylation is 1. The molecule has 66 valence electrons. The van der Waals surface area contributed by atoms with Crippen molar-refractivity contribution in [2.45, 2.75) is 24.7 Å². The Hall–Kier alpha value is -0.830. The van der Waals surface area contributed by atoms with Crippen LogP contribution in [0.15, 0.2) is 12.4 Å². The molecule has 1 aromatic heterocycles. The van der Waals surface area contributed by atoms with Crippen LogP contribution in [-0.2, 0) is 12.5 Å². The summed E-state index contributed by atoms with van der Waals surface area (Å²) >= 11 is 0. The van der Waals surface area contributed by atoms with Crippen LogP contribution in [0.2, 0.25) is 0 Å². The maximum Gasteiger partial charge on any atom is 0.0529 e. The van der Waals surface area contributed by atoms with Crippen LogP contribution in [0.25, 0.3) is 0 Å². The number of nitrogens with zero attached hydrogens (tertiary/aromatic N) is 2. The smallest absolute Gasteiger partial charge is 0.0529 e. The van der Waals surface area contributed by atoms with Gasteiger partial charge in [-0.3, -0.25) is 4.68 Å². The molecular weight excluding hydrogens is 152 g/mol. The fourth-order valence-electron chi connectivity index (χ4n) is 1.84. The van der Waals surface area contributed by atoms with Crippen molar-refractivity contribution in [3.05, 3.63) is 18.0 Å². The van der Waals surface area contributed by atoms with E-state index in [1.807, 2.05) is 19.4 Å². The third-order valence-corrected chi connectivity index (χ3v) is 2.93. The molecule has 1 saturated carbocycles. The Morgan fingerprint density at radius 3 is 2.75 bits per heavy atom. The molecule has 0 radical (unpaired) electrons. The van der Waals surface area contributed by atoms with Crippen molar-refractivity contribution in [1.29, 1.82) is 0 Å². The lowest BCUT2D eigenvalue weighted by Crippen LogP contribution is -2.37. The van der Waals surface area contributed by atoms with Gasteiger partial charge in [-0.15, -0.1) is 0 Å². The van der Waals surface area contributed by atoms with Gasteiger partial charge in [0.1, 0.15) is 0 Å². The fourth-order valence-corrected chi connectivity index (χ4v) is 1.84. The number of aliphatic hydroxyl groups is 1. The van der Waals surface area contributed by atoms with Gasteiger partial charge in [0.25, 0.3) is 0 Å². The molecule has 0 saturated heterocycles. The van der Waals surface area contributed by atoms with Gasteiger partial charge in [-0.25, -0.2) is 0 Å². The average molecular weight is 166 g/mol. The number of aromatic nitrogens is 2. The van der Waals surface area contributed by atoms with Gasteiger partial charge >= 0.3 is 0 Å². The van der Waals surface area contributed by atoms with Crippen molar-refractivity contribution in [1.82, 2.24) is 9.78 Å². The predicted octanol–water partition coefficient (Wildman–Crippen LogP) is 0.834. The molecular formula is C9H14N2O. The summed E-state index contributed by atoms with van der Waals surface area (Å²) in [6.07, 6.45) is 7.32. The number of rotatable bonds is 2. The van der Waals surface area contributed by atoms with Crippen LogP contribution >= 0.6 is 0 Å². The number of hydrogen-bond donors (Lipinski definition) is 1. The Labute approximate surface area is 72.0 Å². The Morgan fingerprint density at radius 1 is 1.67 bits per heavy atom. The van der Waals surface area contributed by atoms with Crippen molar-refractivity contribution >= 4 is 0 Å². The standard InChI is InChI=1S/C9H14N2O/c1-11-6-8(5-10-11)9(7-12)3-2-4-9/h5-6,12H,2-4,7H2,1H3. The predicted molar refractivity (Wildman–Crippen MR) is 45.8 cm³/mol. The van der Waals surface area contributed by atoms with Gasteiger partial charge in [0.2, 0.25) is 0 Å². The highest BCUT2D eigenvalue weighted by atomic mass is 16.3. The second-order valence-corrected chi connectivity index (χ2v) is 3.69. The molecule has 0 bridgehead atoms. The van der Waals surface area contributed by atoms with Gasteiger partial charge in [-0.05, 0) is 18.4 Å². The maximum absolute atomic E-state index is 9.26. The largest absolute Gasteiger partial charge is 0.395 e. The van der Waals surface area contributed by atoms with Crippen molar-refractivity contribution in [2.75, 3.05) is 6.61 Å². The summed E-state index contributed by atoms with van der Waals surface area (Å²) in [7, 11) is 1.91. The monoisotopic (exact) mass is 166 g/mol. The van der Waals surface area contributed by atoms with Gasteiger partial charge in [-0.1, -0.05) is 6.42 Å². The topological polar surface area (TPSA) is 38.0 Å². The molecule has 1 N–H and O–H groups in total. The van der Waals surface area contributed by atoms with E-state index in [0.29, 0.717) is 0 Å². The summed E-state index contributed by atoms with van der Waals surface area (Å²) in [5.41, 5.74) is 1.24. The highest BCUT2D eigenvalue weighted by molar-refractivity contribution is 5.22. The van der Waals surface area contributed by atoms with Crippen molar-refractivity contribution in [2.24, 2.45) is 7.05 Å². The SMILES string of the molecule is Cn1cc(C2(CO)CCC2)cn1. The molecule has 0 aromatic carbocycles. The minimum absolute atomic E-state index is 0.0499. The molecule has 0 spiro atoms. The molecule has 3 heteroatoms. The first kappa shape index (κ1) is 7.80. The summed E-state index contributed by atoms with van der Waals surface area (Å²) in [6.45, 7) is 0.263. The lowest BCUT2D eigenvalue weighted by molar-refractivity contribution is 0.120.